The van der Waals surface area contributed by atoms with Crippen LogP contribution in [0.25, 0.3) is 0 Å². The predicted molar refractivity (Wildman–Crippen MR) is 81.3 cm³/mol. The van der Waals surface area contributed by atoms with Gasteiger partial charge in [-0.1, -0.05) is 30.3 Å². The van der Waals surface area contributed by atoms with Crippen LogP contribution in [0.5, 0.6) is 0 Å². The average Bonchev–Trinajstić information content (AvgIpc) is 2.36. The Morgan fingerprint density at radius 3 is 2.18 bits per heavy atom. The normalized spacial score (nSPS) is 14.0. The molecule has 1 unspecified atom stereocenters. The zero-order chi connectivity index (χ0) is 16.9. The van der Waals surface area contributed by atoms with Gasteiger partial charge in [0.05, 0.1) is 12.6 Å². The molecule has 0 aliphatic heterocycles. The lowest BCUT2D eigenvalue weighted by Gasteiger charge is -2.32. The molecule has 1 aromatic carbocycles. The number of aliphatic carboxylic acids is 1. The van der Waals surface area contributed by atoms with E-state index in [4.69, 9.17) is 4.74 Å². The second kappa shape index (κ2) is 7.26. The smallest absolute Gasteiger partial charge is 0.411 e. The number of benzene rings is 1. The van der Waals surface area contributed by atoms with Gasteiger partial charge in [0.2, 0.25) is 0 Å². The van der Waals surface area contributed by atoms with E-state index in [0.717, 1.165) is 10.5 Å². The summed E-state index contributed by atoms with van der Waals surface area (Å²) in [6.45, 7) is 6.47. The van der Waals surface area contributed by atoms with Gasteiger partial charge in [0, 0.05) is 0 Å². The predicted octanol–water partition coefficient (Wildman–Crippen LogP) is 2.26. The van der Waals surface area contributed by atoms with Crippen LogP contribution in [0.15, 0.2) is 30.3 Å². The maximum Gasteiger partial charge on any atom is 0.411 e. The molecule has 0 bridgehead atoms. The standard InChI is InChI=1S/C16H23NO5/c1-11(18)13(14(19)20)17(15(21)22-16(2,3)4)10-12-8-6-5-7-9-12/h5-9,11,13,18H,10H2,1-4H3,(H,19,20)/t11?,13-/m0/s1. The molecule has 6 heteroatoms. The number of hydrogen-bond acceptors (Lipinski definition) is 4. The van der Waals surface area contributed by atoms with E-state index in [0.29, 0.717) is 0 Å². The molecule has 0 saturated carbocycles. The van der Waals surface area contributed by atoms with Gasteiger partial charge in [0.15, 0.2) is 6.04 Å². The maximum absolute atomic E-state index is 12.3. The fourth-order valence-electron chi connectivity index (χ4n) is 1.98. The van der Waals surface area contributed by atoms with E-state index in [1.165, 1.54) is 6.92 Å². The van der Waals surface area contributed by atoms with Crippen molar-refractivity contribution in [3.63, 3.8) is 0 Å². The van der Waals surface area contributed by atoms with Crippen LogP contribution in [-0.2, 0) is 16.1 Å². The highest BCUT2D eigenvalue weighted by molar-refractivity contribution is 5.80. The number of rotatable bonds is 5. The summed E-state index contributed by atoms with van der Waals surface area (Å²) >= 11 is 0. The summed E-state index contributed by atoms with van der Waals surface area (Å²) in [7, 11) is 0. The van der Waals surface area contributed by atoms with E-state index in [-0.39, 0.29) is 6.54 Å². The molecular weight excluding hydrogens is 286 g/mol. The number of carboxylic acid groups (broad SMARTS) is 1. The molecule has 1 rings (SSSR count). The number of ether oxygens (including phenoxy) is 1. The molecule has 1 amide bonds. The average molecular weight is 309 g/mol. The molecule has 0 radical (unpaired) electrons. The van der Waals surface area contributed by atoms with Crippen LogP contribution in [0, 0.1) is 0 Å². The Morgan fingerprint density at radius 2 is 1.77 bits per heavy atom. The summed E-state index contributed by atoms with van der Waals surface area (Å²) in [5.41, 5.74) is -0.00594. The zero-order valence-electron chi connectivity index (χ0n) is 13.3. The lowest BCUT2D eigenvalue weighted by atomic mass is 10.1. The molecule has 0 aliphatic carbocycles. The molecule has 0 saturated heterocycles. The van der Waals surface area contributed by atoms with Gasteiger partial charge in [-0.2, -0.15) is 0 Å². The number of hydrogen-bond donors (Lipinski definition) is 2. The third kappa shape index (κ3) is 5.37. The van der Waals surface area contributed by atoms with Crippen LogP contribution < -0.4 is 0 Å². The van der Waals surface area contributed by atoms with Gasteiger partial charge < -0.3 is 14.9 Å². The van der Waals surface area contributed by atoms with Crippen molar-refractivity contribution in [3.05, 3.63) is 35.9 Å². The largest absolute Gasteiger partial charge is 0.480 e. The van der Waals surface area contributed by atoms with Crippen molar-refractivity contribution in [1.29, 1.82) is 0 Å². The van der Waals surface area contributed by atoms with E-state index in [1.54, 1.807) is 45.0 Å². The van der Waals surface area contributed by atoms with Gasteiger partial charge in [-0.3, -0.25) is 4.90 Å². The van der Waals surface area contributed by atoms with Crippen LogP contribution in [0.3, 0.4) is 0 Å². The van der Waals surface area contributed by atoms with Gasteiger partial charge in [0.25, 0.3) is 0 Å². The van der Waals surface area contributed by atoms with Crippen LogP contribution >= 0.6 is 0 Å². The van der Waals surface area contributed by atoms with Crippen molar-refractivity contribution < 1.29 is 24.5 Å². The van der Waals surface area contributed by atoms with E-state index in [2.05, 4.69) is 0 Å². The first-order chi connectivity index (χ1) is 10.1. The van der Waals surface area contributed by atoms with Gasteiger partial charge in [-0.15, -0.1) is 0 Å². The number of carbonyl (C=O) groups excluding carboxylic acids is 1. The Bertz CT molecular complexity index is 507. The summed E-state index contributed by atoms with van der Waals surface area (Å²) in [6, 6.07) is 7.58. The number of carbonyl (C=O) groups is 2. The first-order valence-corrected chi connectivity index (χ1v) is 7.06. The molecule has 1 aromatic rings. The van der Waals surface area contributed by atoms with Gasteiger partial charge in [-0.25, -0.2) is 9.59 Å². The molecule has 6 nitrogen and oxygen atoms in total. The van der Waals surface area contributed by atoms with Crippen LogP contribution in [0.2, 0.25) is 0 Å². The molecule has 0 aromatic heterocycles. The molecule has 0 spiro atoms. The van der Waals surface area contributed by atoms with E-state index < -0.39 is 29.8 Å². The third-order valence-corrected chi connectivity index (χ3v) is 2.87. The Hall–Kier alpha value is -2.08. The third-order valence-electron chi connectivity index (χ3n) is 2.87. The fourth-order valence-corrected chi connectivity index (χ4v) is 1.98. The number of carboxylic acids is 1. The topological polar surface area (TPSA) is 87.1 Å². The Balaban J connectivity index is 3.08. The monoisotopic (exact) mass is 309 g/mol. The molecule has 0 fully saturated rings. The molecular formula is C16H23NO5. The molecule has 2 N–H and O–H groups in total. The van der Waals surface area contributed by atoms with Crippen molar-refractivity contribution in [2.45, 2.75) is 52.0 Å². The van der Waals surface area contributed by atoms with Crippen molar-refractivity contribution >= 4 is 12.1 Å². The highest BCUT2D eigenvalue weighted by atomic mass is 16.6. The Labute approximate surface area is 130 Å². The minimum atomic E-state index is -1.38. The maximum atomic E-state index is 12.3. The minimum Gasteiger partial charge on any atom is -0.480 e. The van der Waals surface area contributed by atoms with Gasteiger partial charge in [0.1, 0.15) is 5.60 Å². The molecule has 122 valence electrons. The number of amides is 1. The minimum absolute atomic E-state index is 0.0393. The zero-order valence-corrected chi connectivity index (χ0v) is 13.3. The van der Waals surface area contributed by atoms with Crippen molar-refractivity contribution in [2.75, 3.05) is 0 Å². The fraction of sp³-hybridized carbons (Fsp3) is 0.500. The first kappa shape index (κ1) is 18.0. The van der Waals surface area contributed by atoms with Gasteiger partial charge >= 0.3 is 12.1 Å². The molecule has 0 aliphatic rings. The SMILES string of the molecule is CC(O)[C@@H](C(=O)O)N(Cc1ccccc1)C(=O)OC(C)(C)C. The highest BCUT2D eigenvalue weighted by Gasteiger charge is 2.36. The summed E-state index contributed by atoms with van der Waals surface area (Å²) < 4.78 is 5.27. The summed E-state index contributed by atoms with van der Waals surface area (Å²) in [5, 5.41) is 19.1. The number of aliphatic hydroxyl groups is 1. The highest BCUT2D eigenvalue weighted by Crippen LogP contribution is 2.17. The second-order valence-electron chi connectivity index (χ2n) is 6.12. The second-order valence-corrected chi connectivity index (χ2v) is 6.12. The Kier molecular flexibility index (Phi) is 5.93. The lowest BCUT2D eigenvalue weighted by molar-refractivity contribution is -0.147. The quantitative estimate of drug-likeness (QED) is 0.871. The summed E-state index contributed by atoms with van der Waals surface area (Å²) in [6.07, 6.45) is -2.00. The first-order valence-electron chi connectivity index (χ1n) is 7.06. The summed E-state index contributed by atoms with van der Waals surface area (Å²) in [5.74, 6) is -1.28. The van der Waals surface area contributed by atoms with Gasteiger partial charge in [-0.05, 0) is 33.3 Å². The molecule has 22 heavy (non-hydrogen) atoms. The van der Waals surface area contributed by atoms with E-state index >= 15 is 0 Å². The van der Waals surface area contributed by atoms with E-state index in [9.17, 15) is 19.8 Å². The number of aliphatic hydroxyl groups excluding tert-OH is 1. The number of nitrogens with zero attached hydrogens (tertiary/aromatic N) is 1. The van der Waals surface area contributed by atoms with E-state index in [1.807, 2.05) is 6.07 Å². The molecule has 2 atom stereocenters. The summed E-state index contributed by atoms with van der Waals surface area (Å²) in [4.78, 5) is 24.8. The van der Waals surface area contributed by atoms with Crippen molar-refractivity contribution in [2.24, 2.45) is 0 Å². The van der Waals surface area contributed by atoms with Crippen LogP contribution in [0.4, 0.5) is 4.79 Å². The van der Waals surface area contributed by atoms with Crippen LogP contribution in [-0.4, -0.2) is 44.9 Å². The molecule has 0 heterocycles. The lowest BCUT2D eigenvalue weighted by Crippen LogP contribution is -2.51. The van der Waals surface area contributed by atoms with Crippen molar-refractivity contribution in [3.8, 4) is 0 Å². The van der Waals surface area contributed by atoms with Crippen LogP contribution in [0.1, 0.15) is 33.3 Å². The van der Waals surface area contributed by atoms with Crippen molar-refractivity contribution in [1.82, 2.24) is 4.90 Å². The Morgan fingerprint density at radius 1 is 1.23 bits per heavy atom.